The van der Waals surface area contributed by atoms with Crippen LogP contribution in [0.2, 0.25) is 0 Å². The van der Waals surface area contributed by atoms with Gasteiger partial charge in [0.2, 0.25) is 0 Å². The third-order valence-corrected chi connectivity index (χ3v) is 5.01. The second-order valence-corrected chi connectivity index (χ2v) is 7.18. The average molecular weight is 391 g/mol. The molecule has 0 aliphatic carbocycles. The molecule has 7 nitrogen and oxygen atoms in total. The van der Waals surface area contributed by atoms with Gasteiger partial charge in [0, 0.05) is 31.7 Å². The fraction of sp³-hybridized carbons (Fsp3) is 0.318. The van der Waals surface area contributed by atoms with Crippen LogP contribution < -0.4 is 5.32 Å². The molecular formula is C22H25N5O2. The highest BCUT2D eigenvalue weighted by atomic mass is 16.5. The number of carbonyl (C=O) groups is 1. The number of rotatable bonds is 7. The minimum Gasteiger partial charge on any atom is -0.379 e. The zero-order valence-electron chi connectivity index (χ0n) is 16.3. The van der Waals surface area contributed by atoms with E-state index in [2.05, 4.69) is 44.6 Å². The van der Waals surface area contributed by atoms with Crippen LogP contribution in [0, 0.1) is 0 Å². The third kappa shape index (κ3) is 5.49. The van der Waals surface area contributed by atoms with Gasteiger partial charge in [-0.2, -0.15) is 5.10 Å². The summed E-state index contributed by atoms with van der Waals surface area (Å²) < 4.78 is 7.14. The second-order valence-electron chi connectivity index (χ2n) is 7.18. The smallest absolute Gasteiger partial charge is 0.251 e. The first-order chi connectivity index (χ1) is 14.3. The lowest BCUT2D eigenvalue weighted by molar-refractivity contribution is 0.0342. The van der Waals surface area contributed by atoms with E-state index in [1.54, 1.807) is 11.0 Å². The molecule has 3 aromatic rings. The summed E-state index contributed by atoms with van der Waals surface area (Å²) in [6.07, 6.45) is 3.18. The molecule has 1 saturated heterocycles. The molecule has 1 fully saturated rings. The number of nitrogens with zero attached hydrogens (tertiary/aromatic N) is 4. The summed E-state index contributed by atoms with van der Waals surface area (Å²) >= 11 is 0. The van der Waals surface area contributed by atoms with E-state index < -0.39 is 0 Å². The third-order valence-electron chi connectivity index (χ3n) is 5.01. The van der Waals surface area contributed by atoms with E-state index in [-0.39, 0.29) is 5.91 Å². The number of amides is 1. The Morgan fingerprint density at radius 3 is 2.28 bits per heavy atom. The first-order valence-electron chi connectivity index (χ1n) is 9.84. The van der Waals surface area contributed by atoms with Crippen molar-refractivity contribution in [2.75, 3.05) is 26.3 Å². The number of hydrogen-bond donors (Lipinski definition) is 1. The predicted octanol–water partition coefficient (Wildman–Crippen LogP) is 2.09. The van der Waals surface area contributed by atoms with Crippen molar-refractivity contribution in [3.63, 3.8) is 0 Å². The van der Waals surface area contributed by atoms with Gasteiger partial charge in [0.15, 0.2) is 0 Å². The van der Waals surface area contributed by atoms with Crippen molar-refractivity contribution in [2.24, 2.45) is 0 Å². The van der Waals surface area contributed by atoms with E-state index in [9.17, 15) is 4.79 Å². The van der Waals surface area contributed by atoms with E-state index in [0.717, 1.165) is 44.0 Å². The Hall–Kier alpha value is -3.03. The monoisotopic (exact) mass is 391 g/mol. The van der Waals surface area contributed by atoms with E-state index >= 15 is 0 Å². The SMILES string of the molecule is O=C(NCc1ccc(CN2CCOCC2)cc1)c1ccc(Cn2cncn2)cc1. The van der Waals surface area contributed by atoms with Gasteiger partial charge in [0.25, 0.3) is 5.91 Å². The highest BCUT2D eigenvalue weighted by Crippen LogP contribution is 2.10. The van der Waals surface area contributed by atoms with Gasteiger partial charge in [-0.3, -0.25) is 9.69 Å². The summed E-state index contributed by atoms with van der Waals surface area (Å²) in [6, 6.07) is 16.0. The molecule has 0 radical (unpaired) electrons. The number of carbonyl (C=O) groups excluding carboxylic acids is 1. The maximum Gasteiger partial charge on any atom is 0.251 e. The van der Waals surface area contributed by atoms with E-state index in [1.807, 2.05) is 24.3 Å². The lowest BCUT2D eigenvalue weighted by Crippen LogP contribution is -2.35. The molecule has 2 aromatic carbocycles. The molecule has 1 N–H and O–H groups in total. The van der Waals surface area contributed by atoms with Crippen LogP contribution in [-0.4, -0.2) is 51.9 Å². The van der Waals surface area contributed by atoms with Crippen LogP contribution in [0.25, 0.3) is 0 Å². The molecule has 4 rings (SSSR count). The maximum atomic E-state index is 12.4. The fourth-order valence-corrected chi connectivity index (χ4v) is 3.33. The Balaban J connectivity index is 1.26. The number of morpholine rings is 1. The maximum absolute atomic E-state index is 12.4. The van der Waals surface area contributed by atoms with Crippen molar-refractivity contribution in [2.45, 2.75) is 19.6 Å². The van der Waals surface area contributed by atoms with E-state index in [0.29, 0.717) is 18.7 Å². The van der Waals surface area contributed by atoms with Crippen LogP contribution >= 0.6 is 0 Å². The Morgan fingerprint density at radius 1 is 0.931 bits per heavy atom. The molecule has 7 heteroatoms. The Kier molecular flexibility index (Phi) is 6.29. The summed E-state index contributed by atoms with van der Waals surface area (Å²) in [5.74, 6) is -0.0744. The summed E-state index contributed by atoms with van der Waals surface area (Å²) in [4.78, 5) is 18.7. The number of hydrogen-bond acceptors (Lipinski definition) is 5. The van der Waals surface area contributed by atoms with Crippen LogP contribution in [0.1, 0.15) is 27.0 Å². The summed E-state index contributed by atoms with van der Waals surface area (Å²) in [7, 11) is 0. The Labute approximate surface area is 170 Å². The van der Waals surface area contributed by atoms with Gasteiger partial charge >= 0.3 is 0 Å². The number of aromatic nitrogens is 3. The molecule has 29 heavy (non-hydrogen) atoms. The van der Waals surface area contributed by atoms with Crippen molar-refractivity contribution in [3.8, 4) is 0 Å². The zero-order valence-corrected chi connectivity index (χ0v) is 16.3. The molecule has 1 aliphatic rings. The van der Waals surface area contributed by atoms with Crippen LogP contribution in [0.3, 0.4) is 0 Å². The van der Waals surface area contributed by atoms with Crippen molar-refractivity contribution in [1.82, 2.24) is 25.0 Å². The molecule has 150 valence electrons. The van der Waals surface area contributed by atoms with E-state index in [1.165, 1.54) is 11.9 Å². The van der Waals surface area contributed by atoms with Crippen molar-refractivity contribution in [3.05, 3.63) is 83.4 Å². The normalized spacial score (nSPS) is 14.6. The molecule has 1 aromatic heterocycles. The van der Waals surface area contributed by atoms with Gasteiger partial charge in [-0.25, -0.2) is 9.67 Å². The quantitative estimate of drug-likeness (QED) is 0.668. The van der Waals surface area contributed by atoms with Crippen molar-refractivity contribution >= 4 is 5.91 Å². The molecule has 2 heterocycles. The van der Waals surface area contributed by atoms with Crippen LogP contribution in [0.15, 0.2) is 61.2 Å². The average Bonchev–Trinajstić information content (AvgIpc) is 3.27. The summed E-state index contributed by atoms with van der Waals surface area (Å²) in [5, 5.41) is 7.08. The first kappa shape index (κ1) is 19.3. The largest absolute Gasteiger partial charge is 0.379 e. The standard InChI is InChI=1S/C22H25N5O2/c28-22(21-7-5-20(6-8-21)15-27-17-23-16-25-27)24-13-18-1-3-19(4-2-18)14-26-9-11-29-12-10-26/h1-8,16-17H,9-15H2,(H,24,28). The van der Waals surface area contributed by atoms with Crippen LogP contribution in [-0.2, 0) is 24.4 Å². The Morgan fingerprint density at radius 2 is 1.59 bits per heavy atom. The molecule has 1 aliphatic heterocycles. The minimum absolute atomic E-state index is 0.0744. The zero-order chi connectivity index (χ0) is 19.9. The summed E-state index contributed by atoms with van der Waals surface area (Å²) in [6.45, 7) is 5.68. The molecule has 0 atom stereocenters. The van der Waals surface area contributed by atoms with Crippen molar-refractivity contribution < 1.29 is 9.53 Å². The van der Waals surface area contributed by atoms with Crippen molar-refractivity contribution in [1.29, 1.82) is 0 Å². The predicted molar refractivity (Wildman–Crippen MR) is 109 cm³/mol. The van der Waals surface area contributed by atoms with E-state index in [4.69, 9.17) is 4.74 Å². The molecule has 0 bridgehead atoms. The topological polar surface area (TPSA) is 72.3 Å². The minimum atomic E-state index is -0.0744. The molecule has 0 spiro atoms. The number of nitrogens with one attached hydrogen (secondary N) is 1. The second kappa shape index (κ2) is 9.45. The van der Waals surface area contributed by atoms with Crippen LogP contribution in [0.5, 0.6) is 0 Å². The number of benzene rings is 2. The lowest BCUT2D eigenvalue weighted by atomic mass is 10.1. The first-order valence-corrected chi connectivity index (χ1v) is 9.84. The molecular weight excluding hydrogens is 366 g/mol. The lowest BCUT2D eigenvalue weighted by Gasteiger charge is -2.26. The van der Waals surface area contributed by atoms with Gasteiger partial charge in [0.05, 0.1) is 19.8 Å². The highest BCUT2D eigenvalue weighted by Gasteiger charge is 2.11. The Bertz CT molecular complexity index is 901. The molecule has 0 saturated carbocycles. The fourth-order valence-electron chi connectivity index (χ4n) is 3.33. The highest BCUT2D eigenvalue weighted by molar-refractivity contribution is 5.94. The molecule has 1 amide bonds. The van der Waals surface area contributed by atoms with Gasteiger partial charge in [-0.1, -0.05) is 36.4 Å². The van der Waals surface area contributed by atoms with Crippen LogP contribution in [0.4, 0.5) is 0 Å². The summed E-state index contributed by atoms with van der Waals surface area (Å²) in [5.41, 5.74) is 4.09. The van der Waals surface area contributed by atoms with Gasteiger partial charge in [0.1, 0.15) is 12.7 Å². The molecule has 0 unspecified atom stereocenters. The van der Waals surface area contributed by atoms with Gasteiger partial charge in [-0.05, 0) is 28.8 Å². The van der Waals surface area contributed by atoms with Gasteiger partial charge in [-0.15, -0.1) is 0 Å². The van der Waals surface area contributed by atoms with Gasteiger partial charge < -0.3 is 10.1 Å². The number of ether oxygens (including phenoxy) is 1.